The van der Waals surface area contributed by atoms with Crippen LogP contribution in [0.2, 0.25) is 0 Å². The minimum Gasteiger partial charge on any atom is -0.497 e. The van der Waals surface area contributed by atoms with Gasteiger partial charge >= 0.3 is 22.1 Å². The number of benzene rings is 8. The molecule has 2 aliphatic heterocycles. The summed E-state index contributed by atoms with van der Waals surface area (Å²) < 4.78 is 82.7. The molecule has 19 heteroatoms. The second kappa shape index (κ2) is 25.2. The lowest BCUT2D eigenvalue weighted by atomic mass is 9.79. The van der Waals surface area contributed by atoms with Gasteiger partial charge in [0.25, 0.3) is 0 Å². The third kappa shape index (κ3) is 12.1. The maximum Gasteiger partial charge on any atom is 0.341 e. The first-order chi connectivity index (χ1) is 42.5. The molecule has 8 aromatic rings. The maximum absolute atomic E-state index is 16.1. The highest BCUT2D eigenvalue weighted by Crippen LogP contribution is 2.53. The number of carbonyl (C=O) groups is 2. The second-order valence-electron chi connectivity index (χ2n) is 22.1. The number of esters is 2. The fraction of sp³-hybridized carbons (Fsp3) is 0.246. The fourth-order valence-corrected chi connectivity index (χ4v) is 13.5. The van der Waals surface area contributed by atoms with E-state index in [4.69, 9.17) is 28.9 Å². The van der Waals surface area contributed by atoms with Crippen molar-refractivity contribution in [3.05, 3.63) is 262 Å². The van der Waals surface area contributed by atoms with Crippen molar-refractivity contribution in [2.45, 2.75) is 74.3 Å². The van der Waals surface area contributed by atoms with Gasteiger partial charge in [-0.3, -0.25) is 9.44 Å². The van der Waals surface area contributed by atoms with Gasteiger partial charge in [-0.2, -0.15) is 12.7 Å². The topological polar surface area (TPSA) is 198 Å². The molecule has 1 saturated carbocycles. The largest absolute Gasteiger partial charge is 0.497 e. The molecule has 1 unspecified atom stereocenters. The summed E-state index contributed by atoms with van der Waals surface area (Å²) in [7, 11) is -1.35. The molecule has 8 aromatic carbocycles. The number of nitrogens with one attached hydrogen (secondary N) is 2. The van der Waals surface area contributed by atoms with Gasteiger partial charge in [0, 0.05) is 49.7 Å². The van der Waals surface area contributed by atoms with Crippen molar-refractivity contribution in [3.8, 4) is 11.5 Å². The van der Waals surface area contributed by atoms with Crippen LogP contribution in [0.15, 0.2) is 222 Å². The van der Waals surface area contributed by atoms with Crippen LogP contribution in [-0.4, -0.2) is 94.7 Å². The third-order valence-corrected chi connectivity index (χ3v) is 19.6. The first kappa shape index (κ1) is 60.4. The number of hydrogen-bond acceptors (Lipinski definition) is 14. The summed E-state index contributed by atoms with van der Waals surface area (Å²) in [5, 5.41) is -0.428. The average Bonchev–Trinajstić information content (AvgIpc) is 1.59. The van der Waals surface area contributed by atoms with Gasteiger partial charge in [-0.15, -0.1) is 0 Å². The Morgan fingerprint density at radius 3 is 1.40 bits per heavy atom. The molecule has 88 heavy (non-hydrogen) atoms. The van der Waals surface area contributed by atoms with Crippen LogP contribution in [0.25, 0.3) is 0 Å². The first-order valence-corrected chi connectivity index (χ1v) is 32.0. The van der Waals surface area contributed by atoms with Gasteiger partial charge in [0.2, 0.25) is 21.1 Å². The van der Waals surface area contributed by atoms with Crippen molar-refractivity contribution < 1.29 is 45.4 Å². The van der Waals surface area contributed by atoms with Gasteiger partial charge in [0.05, 0.1) is 38.2 Å². The zero-order valence-corrected chi connectivity index (χ0v) is 51.3. The van der Waals surface area contributed by atoms with E-state index in [2.05, 4.69) is 19.2 Å². The molecule has 0 amide bonds. The quantitative estimate of drug-likeness (QED) is 0.0576. The number of ether oxygens (including phenoxy) is 4. The van der Waals surface area contributed by atoms with Crippen LogP contribution in [0.3, 0.4) is 0 Å². The van der Waals surface area contributed by atoms with Crippen molar-refractivity contribution in [1.82, 2.24) is 14.1 Å². The molecule has 2 heterocycles. The molecule has 1 fully saturated rings. The number of amidine groups is 2. The van der Waals surface area contributed by atoms with E-state index in [-0.39, 0.29) is 13.2 Å². The van der Waals surface area contributed by atoms with E-state index in [0.717, 1.165) is 21.0 Å². The van der Waals surface area contributed by atoms with Crippen molar-refractivity contribution in [1.29, 1.82) is 0 Å². The van der Waals surface area contributed by atoms with E-state index in [0.29, 0.717) is 87.3 Å². The molecule has 5 atom stereocenters. The number of sulfonamides is 1. The molecule has 1 aliphatic carbocycles. The highest BCUT2D eigenvalue weighted by molar-refractivity contribution is 7.93. The van der Waals surface area contributed by atoms with Crippen LogP contribution in [0.5, 0.6) is 11.5 Å². The summed E-state index contributed by atoms with van der Waals surface area (Å²) in [6, 6.07) is 63.8. The van der Waals surface area contributed by atoms with E-state index < -0.39 is 66.7 Å². The summed E-state index contributed by atoms with van der Waals surface area (Å²) in [4.78, 5) is 46.3. The van der Waals surface area contributed by atoms with Crippen LogP contribution in [0, 0.1) is 0 Å². The minimum atomic E-state index is -3.85. The summed E-state index contributed by atoms with van der Waals surface area (Å²) in [6.45, 7) is 4.21. The van der Waals surface area contributed by atoms with E-state index in [9.17, 15) is 16.8 Å². The summed E-state index contributed by atoms with van der Waals surface area (Å²) >= 11 is 0. The molecule has 3 aliphatic rings. The number of anilines is 2. The molecule has 17 nitrogen and oxygen atoms in total. The molecular formula is C69H69N7O10S2. The number of carbonyl (C=O) groups excluding carboxylic acids is 2. The smallest absolute Gasteiger partial charge is 0.341 e. The van der Waals surface area contributed by atoms with Gasteiger partial charge in [-0.05, 0) is 138 Å². The molecule has 452 valence electrons. The Hall–Kier alpha value is -9.30. The zero-order chi connectivity index (χ0) is 61.8. The fourth-order valence-electron chi connectivity index (χ4n) is 11.5. The highest BCUT2D eigenvalue weighted by Gasteiger charge is 2.59. The molecule has 0 aromatic heterocycles. The predicted octanol–water partition coefficient (Wildman–Crippen LogP) is 11.5. The van der Waals surface area contributed by atoms with Gasteiger partial charge in [0.1, 0.15) is 29.3 Å². The number of methoxy groups -OCH3 is 2. The Bertz CT molecular complexity index is 4070. The lowest BCUT2D eigenvalue weighted by Gasteiger charge is -2.38. The summed E-state index contributed by atoms with van der Waals surface area (Å²) in [5.41, 5.74) is 3.77. The molecule has 2 N–H and O–H groups in total. The van der Waals surface area contributed by atoms with Crippen LogP contribution in [-0.2, 0) is 63.5 Å². The van der Waals surface area contributed by atoms with Gasteiger partial charge in [-0.25, -0.2) is 28.0 Å². The summed E-state index contributed by atoms with van der Waals surface area (Å²) in [6.07, 6.45) is 0.402. The number of hydrogen-bond donors (Lipinski definition) is 2. The standard InChI is InChI=1S/C69H69N7O10S2/c1-7-85-66(77)68(55-19-13-9-14-20-55)62(51-29-37-58(38-30-51)73-88(81,82)74(3)4)76(64(70-68)53-31-39-59(83-5)40-32-53)46-49-23-25-50(26-24-49)47(2)86-67(78)69(56-21-15-10-16-22-56)63(52-27-35-57(36-28-52)72-87(79,80)61-43-44-61)75(45-48-17-11-8-12-18-48)65(71-69)54-33-41-60(84-6)42-34-54/h8-42,47,61-63,72-73H,7,43-46H2,1-6H3/t47?,62-,63-,68-,69-/m1/s1. The lowest BCUT2D eigenvalue weighted by Crippen LogP contribution is -2.44. The van der Waals surface area contributed by atoms with E-state index in [1.54, 1.807) is 57.5 Å². The van der Waals surface area contributed by atoms with Crippen molar-refractivity contribution in [2.75, 3.05) is 44.4 Å². The van der Waals surface area contributed by atoms with Crippen LogP contribution < -0.4 is 18.9 Å². The first-order valence-electron chi connectivity index (χ1n) is 29.0. The van der Waals surface area contributed by atoms with E-state index in [1.807, 2.05) is 183 Å². The molecule has 0 bridgehead atoms. The third-order valence-electron chi connectivity index (χ3n) is 16.2. The summed E-state index contributed by atoms with van der Waals surface area (Å²) in [5.74, 6) is 1.12. The number of rotatable bonds is 23. The Morgan fingerprint density at radius 1 is 0.557 bits per heavy atom. The normalized spacial score (nSPS) is 19.5. The van der Waals surface area contributed by atoms with Crippen molar-refractivity contribution in [2.24, 2.45) is 9.98 Å². The molecule has 0 spiro atoms. The number of nitrogens with zero attached hydrogens (tertiary/aromatic N) is 5. The lowest BCUT2D eigenvalue weighted by molar-refractivity contribution is -0.157. The van der Waals surface area contributed by atoms with Gasteiger partial charge in [0.15, 0.2) is 0 Å². The Labute approximate surface area is 514 Å². The highest BCUT2D eigenvalue weighted by atomic mass is 32.2. The molecule has 11 rings (SSSR count). The average molecular weight is 1220 g/mol. The monoisotopic (exact) mass is 1220 g/mol. The Balaban J connectivity index is 0.983. The van der Waals surface area contributed by atoms with E-state index >= 15 is 9.59 Å². The maximum atomic E-state index is 16.1. The number of aliphatic imine (C=N–C) groups is 2. The van der Waals surface area contributed by atoms with Crippen LogP contribution in [0.4, 0.5) is 11.4 Å². The van der Waals surface area contributed by atoms with Crippen molar-refractivity contribution >= 4 is 55.2 Å². The van der Waals surface area contributed by atoms with Crippen LogP contribution in [0.1, 0.15) is 94.9 Å². The van der Waals surface area contributed by atoms with Gasteiger partial charge < -0.3 is 28.7 Å². The molecule has 0 radical (unpaired) electrons. The molecule has 0 saturated heterocycles. The Kier molecular flexibility index (Phi) is 17.3. The minimum absolute atomic E-state index is 0.0810. The second-order valence-corrected chi connectivity index (χ2v) is 26.0. The predicted molar refractivity (Wildman–Crippen MR) is 341 cm³/mol. The van der Waals surface area contributed by atoms with Crippen LogP contribution >= 0.6 is 0 Å². The molecular weight excluding hydrogens is 1150 g/mol. The Morgan fingerprint density at radius 2 is 0.977 bits per heavy atom. The van der Waals surface area contributed by atoms with E-state index in [1.165, 1.54) is 14.1 Å². The zero-order valence-electron chi connectivity index (χ0n) is 49.7. The van der Waals surface area contributed by atoms with Crippen molar-refractivity contribution in [3.63, 3.8) is 0 Å². The van der Waals surface area contributed by atoms with Gasteiger partial charge in [-0.1, -0.05) is 140 Å². The SMILES string of the molecule is CCOC(=O)[C@]1(c2ccccc2)N=C(c2ccc(OC)cc2)N(Cc2ccc(C(C)OC(=O)[C@]3(c4ccccc4)N=C(c4ccc(OC)cc4)N(Cc4ccccc4)[C@@H]3c3ccc(NS(=O)(=O)C4CC4)cc3)cc2)[C@@H]1c1ccc(NS(=O)(=O)N(C)C)cc1.